The molecule has 1 aliphatic heterocycles. The first kappa shape index (κ1) is 11.1. The Labute approximate surface area is 97.6 Å². The molecule has 0 fully saturated rings. The van der Waals surface area contributed by atoms with Gasteiger partial charge in [-0.15, -0.1) is 5.26 Å². The van der Waals surface area contributed by atoms with Gasteiger partial charge in [0.1, 0.15) is 5.75 Å². The zero-order valence-electron chi connectivity index (χ0n) is 8.88. The Kier molecular flexibility index (Phi) is 3.06. The van der Waals surface area contributed by atoms with Crippen LogP contribution in [0.5, 0.6) is 5.75 Å². The number of hydrogen-bond donors (Lipinski definition) is 0. The molecule has 1 aromatic carbocycles. The van der Waals surface area contributed by atoms with Crippen molar-refractivity contribution in [1.29, 1.82) is 5.26 Å². The summed E-state index contributed by atoms with van der Waals surface area (Å²) in [5.41, 5.74) is 0.877. The standard InChI is InChI=1S/C12H9NO4/c13-7-16-11(14)6-9-5-8-3-1-2-4-10(8)17-12(9)15/h1-4,9H,5-6H2. The van der Waals surface area contributed by atoms with Gasteiger partial charge in [-0.2, -0.15) is 0 Å². The van der Waals surface area contributed by atoms with Gasteiger partial charge in [-0.3, -0.25) is 9.59 Å². The van der Waals surface area contributed by atoms with Gasteiger partial charge in [-0.1, -0.05) is 18.2 Å². The van der Waals surface area contributed by atoms with E-state index in [1.807, 2.05) is 12.1 Å². The van der Waals surface area contributed by atoms with E-state index in [1.54, 1.807) is 12.1 Å². The highest BCUT2D eigenvalue weighted by Crippen LogP contribution is 2.29. The van der Waals surface area contributed by atoms with E-state index in [9.17, 15) is 9.59 Å². The molecule has 2 rings (SSSR count). The second kappa shape index (κ2) is 4.66. The summed E-state index contributed by atoms with van der Waals surface area (Å²) in [6.45, 7) is 0. The summed E-state index contributed by atoms with van der Waals surface area (Å²) in [6, 6.07) is 7.15. The van der Waals surface area contributed by atoms with Crippen molar-refractivity contribution in [3.63, 3.8) is 0 Å². The first-order valence-corrected chi connectivity index (χ1v) is 5.09. The van der Waals surface area contributed by atoms with Gasteiger partial charge in [0.25, 0.3) is 6.26 Å². The molecule has 1 atom stereocenters. The predicted molar refractivity (Wildman–Crippen MR) is 55.6 cm³/mol. The molecule has 0 N–H and O–H groups in total. The molecular formula is C12H9NO4. The quantitative estimate of drug-likeness (QED) is 0.434. The SMILES string of the molecule is N#COC(=O)CC1Cc2ccccc2OC1=O. The monoisotopic (exact) mass is 231 g/mol. The molecule has 1 aromatic rings. The fourth-order valence-corrected chi connectivity index (χ4v) is 1.76. The van der Waals surface area contributed by atoms with Crippen molar-refractivity contribution in [3.8, 4) is 12.0 Å². The van der Waals surface area contributed by atoms with Crippen molar-refractivity contribution < 1.29 is 19.1 Å². The molecule has 0 saturated heterocycles. The summed E-state index contributed by atoms with van der Waals surface area (Å²) >= 11 is 0. The van der Waals surface area contributed by atoms with Crippen LogP contribution in [0.1, 0.15) is 12.0 Å². The topological polar surface area (TPSA) is 76.4 Å². The van der Waals surface area contributed by atoms with Crippen molar-refractivity contribution in [2.75, 3.05) is 0 Å². The van der Waals surface area contributed by atoms with E-state index in [0.717, 1.165) is 5.56 Å². The van der Waals surface area contributed by atoms with Gasteiger partial charge in [0.15, 0.2) is 0 Å². The fourth-order valence-electron chi connectivity index (χ4n) is 1.76. The number of nitrogens with zero attached hydrogens (tertiary/aromatic N) is 1. The number of carbonyl (C=O) groups is 2. The van der Waals surface area contributed by atoms with Crippen LogP contribution in [0.2, 0.25) is 0 Å². The zero-order valence-corrected chi connectivity index (χ0v) is 8.88. The van der Waals surface area contributed by atoms with Crippen molar-refractivity contribution in [2.45, 2.75) is 12.8 Å². The van der Waals surface area contributed by atoms with Crippen LogP contribution in [-0.4, -0.2) is 11.9 Å². The third-order valence-corrected chi connectivity index (χ3v) is 2.56. The molecule has 0 saturated carbocycles. The maximum Gasteiger partial charge on any atom is 0.322 e. The van der Waals surface area contributed by atoms with Crippen LogP contribution in [0.4, 0.5) is 0 Å². The van der Waals surface area contributed by atoms with Gasteiger partial charge < -0.3 is 9.47 Å². The molecule has 0 amide bonds. The van der Waals surface area contributed by atoms with Crippen LogP contribution in [0.3, 0.4) is 0 Å². The van der Waals surface area contributed by atoms with E-state index in [4.69, 9.17) is 10.00 Å². The lowest BCUT2D eigenvalue weighted by Crippen LogP contribution is -2.29. The first-order valence-electron chi connectivity index (χ1n) is 5.09. The predicted octanol–water partition coefficient (Wildman–Crippen LogP) is 1.18. The number of rotatable bonds is 2. The Morgan fingerprint density at radius 3 is 3.06 bits per heavy atom. The summed E-state index contributed by atoms with van der Waals surface area (Å²) in [7, 11) is 0. The molecule has 86 valence electrons. The number of carbonyl (C=O) groups excluding carboxylic acids is 2. The van der Waals surface area contributed by atoms with Crippen LogP contribution in [0.25, 0.3) is 0 Å². The summed E-state index contributed by atoms with van der Waals surface area (Å²) in [5.74, 6) is -1.22. The maximum absolute atomic E-state index is 11.6. The van der Waals surface area contributed by atoms with Gasteiger partial charge in [-0.05, 0) is 18.1 Å². The van der Waals surface area contributed by atoms with Gasteiger partial charge in [0.2, 0.25) is 0 Å². The Morgan fingerprint density at radius 2 is 2.29 bits per heavy atom. The molecule has 0 aromatic heterocycles. The van der Waals surface area contributed by atoms with Crippen LogP contribution < -0.4 is 4.74 Å². The molecule has 1 unspecified atom stereocenters. The summed E-state index contributed by atoms with van der Waals surface area (Å²) in [6.07, 6.45) is 1.58. The van der Waals surface area contributed by atoms with Crippen molar-refractivity contribution in [3.05, 3.63) is 29.8 Å². The molecule has 0 spiro atoms. The van der Waals surface area contributed by atoms with E-state index < -0.39 is 17.9 Å². The van der Waals surface area contributed by atoms with Gasteiger partial charge >= 0.3 is 11.9 Å². The minimum atomic E-state index is -0.714. The normalized spacial score (nSPS) is 17.6. The van der Waals surface area contributed by atoms with E-state index in [0.29, 0.717) is 12.2 Å². The number of para-hydroxylation sites is 1. The number of benzene rings is 1. The van der Waals surface area contributed by atoms with Crippen molar-refractivity contribution >= 4 is 11.9 Å². The Morgan fingerprint density at radius 1 is 1.53 bits per heavy atom. The lowest BCUT2D eigenvalue weighted by atomic mass is 9.93. The second-order valence-corrected chi connectivity index (χ2v) is 3.70. The van der Waals surface area contributed by atoms with Crippen LogP contribution in [-0.2, 0) is 20.7 Å². The molecule has 5 nitrogen and oxygen atoms in total. The molecular weight excluding hydrogens is 222 g/mol. The molecule has 1 aliphatic rings. The number of ether oxygens (including phenoxy) is 2. The highest BCUT2D eigenvalue weighted by molar-refractivity contribution is 5.83. The number of esters is 2. The average Bonchev–Trinajstić information content (AvgIpc) is 2.30. The smallest absolute Gasteiger partial charge is 0.322 e. The molecule has 0 aliphatic carbocycles. The zero-order chi connectivity index (χ0) is 12.3. The Balaban J connectivity index is 2.10. The molecule has 17 heavy (non-hydrogen) atoms. The Bertz CT molecular complexity index is 503. The summed E-state index contributed by atoms with van der Waals surface area (Å²) < 4.78 is 9.23. The van der Waals surface area contributed by atoms with Gasteiger partial charge in [-0.25, -0.2) is 0 Å². The van der Waals surface area contributed by atoms with Crippen LogP contribution in [0.15, 0.2) is 24.3 Å². The number of fused-ring (bicyclic) bond motifs is 1. The van der Waals surface area contributed by atoms with Crippen molar-refractivity contribution in [2.24, 2.45) is 5.92 Å². The maximum atomic E-state index is 11.6. The highest BCUT2D eigenvalue weighted by Gasteiger charge is 2.30. The van der Waals surface area contributed by atoms with E-state index in [-0.39, 0.29) is 6.42 Å². The minimum absolute atomic E-state index is 0.138. The molecule has 1 heterocycles. The summed E-state index contributed by atoms with van der Waals surface area (Å²) in [4.78, 5) is 22.7. The van der Waals surface area contributed by atoms with Crippen molar-refractivity contribution in [1.82, 2.24) is 0 Å². The van der Waals surface area contributed by atoms with Crippen LogP contribution >= 0.6 is 0 Å². The first-order chi connectivity index (χ1) is 8.20. The van der Waals surface area contributed by atoms with E-state index >= 15 is 0 Å². The average molecular weight is 231 g/mol. The second-order valence-electron chi connectivity index (χ2n) is 3.70. The van der Waals surface area contributed by atoms with E-state index in [2.05, 4.69) is 4.74 Å². The number of hydrogen-bond acceptors (Lipinski definition) is 5. The molecule has 0 radical (unpaired) electrons. The lowest BCUT2D eigenvalue weighted by Gasteiger charge is -2.21. The summed E-state index contributed by atoms with van der Waals surface area (Å²) in [5, 5.41) is 8.18. The third kappa shape index (κ3) is 2.42. The minimum Gasteiger partial charge on any atom is -0.426 e. The van der Waals surface area contributed by atoms with Gasteiger partial charge in [0, 0.05) is 0 Å². The van der Waals surface area contributed by atoms with E-state index in [1.165, 1.54) is 6.26 Å². The fraction of sp³-hybridized carbons (Fsp3) is 0.250. The van der Waals surface area contributed by atoms with Crippen LogP contribution in [0, 0.1) is 17.4 Å². The Hall–Kier alpha value is -2.35. The molecule has 5 heteroatoms. The number of nitriles is 1. The lowest BCUT2D eigenvalue weighted by molar-refractivity contribution is -0.147. The molecule has 0 bridgehead atoms. The highest BCUT2D eigenvalue weighted by atomic mass is 16.5. The largest absolute Gasteiger partial charge is 0.426 e. The third-order valence-electron chi connectivity index (χ3n) is 2.56. The van der Waals surface area contributed by atoms with Gasteiger partial charge in [0.05, 0.1) is 12.3 Å².